The van der Waals surface area contributed by atoms with Crippen LogP contribution in [0.15, 0.2) is 36.9 Å². The van der Waals surface area contributed by atoms with Gasteiger partial charge in [-0.1, -0.05) is 42.4 Å². The first-order valence-corrected chi connectivity index (χ1v) is 8.62. The third-order valence-corrected chi connectivity index (χ3v) is 5.29. The van der Waals surface area contributed by atoms with E-state index in [2.05, 4.69) is 10.1 Å². The van der Waals surface area contributed by atoms with Crippen LogP contribution in [0.1, 0.15) is 12.5 Å². The van der Waals surface area contributed by atoms with Gasteiger partial charge in [-0.2, -0.15) is 13.9 Å². The Kier molecular flexibility index (Phi) is 6.34. The van der Waals surface area contributed by atoms with Crippen LogP contribution >= 0.6 is 23.4 Å². The highest BCUT2D eigenvalue weighted by atomic mass is 35.5. The smallest absolute Gasteiger partial charge is 0.353 e. The molecule has 138 valence electrons. The molecule has 0 saturated heterocycles. The van der Waals surface area contributed by atoms with Gasteiger partial charge in [0, 0.05) is 16.7 Å². The minimum absolute atomic E-state index is 0.0728. The first kappa shape index (κ1) is 20.0. The topological polar surface area (TPSA) is 50.9 Å². The molecule has 0 bridgehead atoms. The number of rotatable bonds is 8. The molecule has 1 heterocycles. The second kappa shape index (κ2) is 7.92. The van der Waals surface area contributed by atoms with Crippen molar-refractivity contribution < 1.29 is 22.7 Å². The van der Waals surface area contributed by atoms with Crippen LogP contribution in [0.4, 0.5) is 17.6 Å². The van der Waals surface area contributed by atoms with Crippen molar-refractivity contribution in [3.8, 4) is 0 Å². The molecule has 10 heteroatoms. The summed E-state index contributed by atoms with van der Waals surface area (Å²) in [6, 6.07) is 6.23. The van der Waals surface area contributed by atoms with Crippen molar-refractivity contribution in [1.29, 1.82) is 0 Å². The molecule has 4 nitrogen and oxygen atoms in total. The first-order chi connectivity index (χ1) is 11.6. The molecule has 0 aliphatic heterocycles. The Bertz CT molecular complexity index is 672. The Balaban J connectivity index is 2.25. The van der Waals surface area contributed by atoms with Gasteiger partial charge in [0.2, 0.25) is 0 Å². The second-order valence-corrected chi connectivity index (χ2v) is 7.20. The molecule has 2 rings (SSSR count). The van der Waals surface area contributed by atoms with E-state index in [9.17, 15) is 22.7 Å². The van der Waals surface area contributed by atoms with Crippen LogP contribution in [0.25, 0.3) is 0 Å². The molecule has 1 aromatic carbocycles. The predicted molar refractivity (Wildman–Crippen MR) is 87.9 cm³/mol. The Morgan fingerprint density at radius 1 is 1.28 bits per heavy atom. The fourth-order valence-corrected chi connectivity index (χ4v) is 3.27. The van der Waals surface area contributed by atoms with Crippen molar-refractivity contribution in [2.24, 2.45) is 5.92 Å². The van der Waals surface area contributed by atoms with E-state index in [4.69, 9.17) is 11.6 Å². The van der Waals surface area contributed by atoms with Crippen molar-refractivity contribution in [1.82, 2.24) is 14.8 Å². The van der Waals surface area contributed by atoms with E-state index in [1.807, 2.05) is 0 Å². The van der Waals surface area contributed by atoms with Gasteiger partial charge in [0.05, 0.1) is 6.54 Å². The zero-order chi connectivity index (χ0) is 18.7. The third-order valence-electron chi connectivity index (χ3n) is 3.81. The average Bonchev–Trinajstić information content (AvgIpc) is 3.05. The number of hydrogen-bond acceptors (Lipinski definition) is 4. The van der Waals surface area contributed by atoms with Crippen LogP contribution in [-0.2, 0) is 12.1 Å². The SMILES string of the molecule is C[C@@H](CSC(F)(F)C(F)F)[C@](O)(Cn1cncn1)c1ccc(Cl)cc1. The Morgan fingerprint density at radius 3 is 2.44 bits per heavy atom. The van der Waals surface area contributed by atoms with E-state index in [1.165, 1.54) is 24.3 Å². The highest BCUT2D eigenvalue weighted by Gasteiger charge is 2.44. The molecule has 0 saturated carbocycles. The van der Waals surface area contributed by atoms with Gasteiger partial charge in [-0.05, 0) is 17.7 Å². The molecule has 0 spiro atoms. The van der Waals surface area contributed by atoms with E-state index in [0.717, 1.165) is 0 Å². The fourth-order valence-electron chi connectivity index (χ4n) is 2.27. The van der Waals surface area contributed by atoms with Crippen molar-refractivity contribution in [3.63, 3.8) is 0 Å². The van der Waals surface area contributed by atoms with Gasteiger partial charge in [-0.3, -0.25) is 0 Å². The fraction of sp³-hybridized carbons (Fsp3) is 0.467. The summed E-state index contributed by atoms with van der Waals surface area (Å²) in [4.78, 5) is 3.78. The van der Waals surface area contributed by atoms with Gasteiger partial charge in [0.25, 0.3) is 0 Å². The summed E-state index contributed by atoms with van der Waals surface area (Å²) in [7, 11) is 0. The van der Waals surface area contributed by atoms with E-state index < -0.39 is 23.2 Å². The normalized spacial score (nSPS) is 16.0. The van der Waals surface area contributed by atoms with Crippen LogP contribution in [0.5, 0.6) is 0 Å². The van der Waals surface area contributed by atoms with E-state index >= 15 is 0 Å². The molecular formula is C15H16ClF4N3OS. The van der Waals surface area contributed by atoms with Crippen LogP contribution < -0.4 is 0 Å². The van der Waals surface area contributed by atoms with Crippen molar-refractivity contribution >= 4 is 23.4 Å². The van der Waals surface area contributed by atoms with Gasteiger partial charge in [-0.15, -0.1) is 0 Å². The predicted octanol–water partition coefficient (Wildman–Crippen LogP) is 4.05. The Morgan fingerprint density at radius 2 is 1.92 bits per heavy atom. The molecule has 0 unspecified atom stereocenters. The lowest BCUT2D eigenvalue weighted by Gasteiger charge is -2.35. The molecular weight excluding hydrogens is 382 g/mol. The number of hydrogen-bond donors (Lipinski definition) is 1. The van der Waals surface area contributed by atoms with Gasteiger partial charge < -0.3 is 5.11 Å². The molecule has 2 aromatic rings. The number of nitrogens with zero attached hydrogens (tertiary/aromatic N) is 3. The van der Waals surface area contributed by atoms with Crippen LogP contribution in [0, 0.1) is 5.92 Å². The average molecular weight is 398 g/mol. The van der Waals surface area contributed by atoms with Crippen molar-refractivity contribution in [3.05, 3.63) is 47.5 Å². The largest absolute Gasteiger partial charge is 0.383 e. The van der Waals surface area contributed by atoms with Gasteiger partial charge in [-0.25, -0.2) is 18.4 Å². The lowest BCUT2D eigenvalue weighted by molar-refractivity contribution is -0.0580. The maximum absolute atomic E-state index is 13.2. The second-order valence-electron chi connectivity index (χ2n) is 5.60. The molecule has 0 aliphatic carbocycles. The lowest BCUT2D eigenvalue weighted by atomic mass is 9.83. The summed E-state index contributed by atoms with van der Waals surface area (Å²) in [5.74, 6) is -1.17. The van der Waals surface area contributed by atoms with Gasteiger partial charge in [0.1, 0.15) is 18.3 Å². The number of alkyl halides is 4. The minimum Gasteiger partial charge on any atom is -0.383 e. The summed E-state index contributed by atoms with van der Waals surface area (Å²) in [5, 5.41) is 11.3. The number of halogens is 5. The number of thioether (sulfide) groups is 1. The van der Waals surface area contributed by atoms with E-state index in [-0.39, 0.29) is 24.1 Å². The molecule has 1 aromatic heterocycles. The quantitative estimate of drug-likeness (QED) is 0.683. The highest BCUT2D eigenvalue weighted by Crippen LogP contribution is 2.40. The number of aliphatic hydroxyl groups is 1. The minimum atomic E-state index is -4.18. The summed E-state index contributed by atoms with van der Waals surface area (Å²) in [6.07, 6.45) is -1.13. The number of aromatic nitrogens is 3. The van der Waals surface area contributed by atoms with Crippen molar-refractivity contribution in [2.45, 2.75) is 30.7 Å². The monoisotopic (exact) mass is 397 g/mol. The third kappa shape index (κ3) is 4.86. The highest BCUT2D eigenvalue weighted by molar-refractivity contribution is 8.00. The Hall–Kier alpha value is -1.32. The molecule has 0 aliphatic rings. The summed E-state index contributed by atoms with van der Waals surface area (Å²) >= 11 is 5.66. The van der Waals surface area contributed by atoms with Gasteiger partial charge in [0.15, 0.2) is 0 Å². The summed E-state index contributed by atoms with van der Waals surface area (Å²) in [6.45, 7) is 1.44. The molecule has 1 N–H and O–H groups in total. The first-order valence-electron chi connectivity index (χ1n) is 7.26. The van der Waals surface area contributed by atoms with Gasteiger partial charge >= 0.3 is 11.7 Å². The maximum Gasteiger partial charge on any atom is 0.353 e. The summed E-state index contributed by atoms with van der Waals surface area (Å²) < 4.78 is 52.5. The van der Waals surface area contributed by atoms with Crippen LogP contribution in [-0.4, -0.2) is 37.3 Å². The zero-order valence-electron chi connectivity index (χ0n) is 13.1. The molecule has 0 fully saturated rings. The van der Waals surface area contributed by atoms with Crippen molar-refractivity contribution in [2.75, 3.05) is 5.75 Å². The molecule has 2 atom stereocenters. The van der Waals surface area contributed by atoms with Crippen LogP contribution in [0.2, 0.25) is 5.02 Å². The molecule has 25 heavy (non-hydrogen) atoms. The summed E-state index contributed by atoms with van der Waals surface area (Å²) in [5.41, 5.74) is -1.20. The molecule has 0 radical (unpaired) electrons. The maximum atomic E-state index is 13.2. The standard InChI is InChI=1S/C15H16ClF4N3OS/c1-10(6-25-15(19,20)13(17)18)14(24,7-23-9-21-8-22-23)11-2-4-12(16)5-3-11/h2-5,8-10,13,24H,6-7H2,1H3/t10-,14+/m0/s1. The molecule has 0 amide bonds. The number of benzene rings is 1. The van der Waals surface area contributed by atoms with E-state index in [1.54, 1.807) is 24.3 Å². The Labute approximate surface area is 151 Å². The van der Waals surface area contributed by atoms with Crippen LogP contribution in [0.3, 0.4) is 0 Å². The lowest BCUT2D eigenvalue weighted by Crippen LogP contribution is -2.40. The van der Waals surface area contributed by atoms with E-state index in [0.29, 0.717) is 10.6 Å². The zero-order valence-corrected chi connectivity index (χ0v) is 14.7.